The third-order valence-electron chi connectivity index (χ3n) is 3.20. The second-order valence-corrected chi connectivity index (χ2v) is 5.07. The van der Waals surface area contributed by atoms with Crippen molar-refractivity contribution in [3.63, 3.8) is 0 Å². The summed E-state index contributed by atoms with van der Waals surface area (Å²) in [5.74, 6) is 6.02. The SMILES string of the molecule is N#CCc1ccc(C#CCCNC(=O)OCc2ccccc2)cc1. The molecule has 0 saturated carbocycles. The van der Waals surface area contributed by atoms with E-state index in [1.165, 1.54) is 0 Å². The minimum atomic E-state index is -0.443. The monoisotopic (exact) mass is 318 g/mol. The van der Waals surface area contributed by atoms with Gasteiger partial charge in [-0.2, -0.15) is 5.26 Å². The Kier molecular flexibility index (Phi) is 6.93. The average Bonchev–Trinajstić information content (AvgIpc) is 2.62. The summed E-state index contributed by atoms with van der Waals surface area (Å²) in [6.07, 6.45) is 0.504. The lowest BCUT2D eigenvalue weighted by Gasteiger charge is -2.05. The lowest BCUT2D eigenvalue weighted by atomic mass is 10.1. The number of alkyl carbamates (subject to hydrolysis) is 1. The molecule has 0 aromatic heterocycles. The minimum absolute atomic E-state index is 0.257. The summed E-state index contributed by atoms with van der Waals surface area (Å²) in [5, 5.41) is 11.3. The van der Waals surface area contributed by atoms with E-state index in [4.69, 9.17) is 10.00 Å². The number of hydrogen-bond donors (Lipinski definition) is 1. The highest BCUT2D eigenvalue weighted by Crippen LogP contribution is 2.03. The van der Waals surface area contributed by atoms with Crippen LogP contribution in [0.2, 0.25) is 0 Å². The van der Waals surface area contributed by atoms with Gasteiger partial charge in [0.25, 0.3) is 0 Å². The Labute approximate surface area is 142 Å². The molecule has 24 heavy (non-hydrogen) atoms. The van der Waals surface area contributed by atoms with Gasteiger partial charge in [0.15, 0.2) is 0 Å². The highest BCUT2D eigenvalue weighted by Gasteiger charge is 2.00. The van der Waals surface area contributed by atoms with Crippen molar-refractivity contribution < 1.29 is 9.53 Å². The molecule has 0 bridgehead atoms. The van der Waals surface area contributed by atoms with Crippen LogP contribution in [0.1, 0.15) is 23.1 Å². The van der Waals surface area contributed by atoms with Gasteiger partial charge in [0.1, 0.15) is 6.61 Å². The molecule has 120 valence electrons. The van der Waals surface area contributed by atoms with Crippen molar-refractivity contribution in [3.05, 3.63) is 71.3 Å². The molecule has 4 nitrogen and oxygen atoms in total. The molecule has 0 unspecified atom stereocenters. The number of carbonyl (C=O) groups is 1. The molecule has 0 aliphatic rings. The van der Waals surface area contributed by atoms with Gasteiger partial charge in [0, 0.05) is 18.5 Å². The highest BCUT2D eigenvalue weighted by molar-refractivity contribution is 5.67. The van der Waals surface area contributed by atoms with Gasteiger partial charge in [-0.15, -0.1) is 0 Å². The van der Waals surface area contributed by atoms with Crippen LogP contribution in [0, 0.1) is 23.2 Å². The standard InChI is InChI=1S/C20H18N2O2/c21-14-13-18-11-9-17(10-12-18)6-4-5-15-22-20(23)24-16-19-7-2-1-3-8-19/h1-3,7-12H,5,13,15-16H2,(H,22,23). The van der Waals surface area contributed by atoms with E-state index in [2.05, 4.69) is 23.2 Å². The van der Waals surface area contributed by atoms with Gasteiger partial charge in [-0.1, -0.05) is 54.3 Å². The normalized spacial score (nSPS) is 9.29. The van der Waals surface area contributed by atoms with E-state index < -0.39 is 6.09 Å². The molecular weight excluding hydrogens is 300 g/mol. The maximum absolute atomic E-state index is 11.5. The van der Waals surface area contributed by atoms with E-state index >= 15 is 0 Å². The third-order valence-corrected chi connectivity index (χ3v) is 3.20. The summed E-state index contributed by atoms with van der Waals surface area (Å²) < 4.78 is 5.10. The summed E-state index contributed by atoms with van der Waals surface area (Å²) in [4.78, 5) is 11.5. The Morgan fingerprint density at radius 3 is 2.50 bits per heavy atom. The Hall–Kier alpha value is -3.24. The Bertz CT molecular complexity index is 750. The zero-order valence-electron chi connectivity index (χ0n) is 13.3. The lowest BCUT2D eigenvalue weighted by Crippen LogP contribution is -2.24. The first-order valence-corrected chi connectivity index (χ1v) is 7.67. The molecule has 0 spiro atoms. The Morgan fingerprint density at radius 2 is 1.79 bits per heavy atom. The van der Waals surface area contributed by atoms with Gasteiger partial charge < -0.3 is 10.1 Å². The number of ether oxygens (including phenoxy) is 1. The summed E-state index contributed by atoms with van der Waals surface area (Å²) in [6.45, 7) is 0.695. The maximum atomic E-state index is 11.5. The van der Waals surface area contributed by atoms with Crippen molar-refractivity contribution in [3.8, 4) is 17.9 Å². The largest absolute Gasteiger partial charge is 0.445 e. The molecule has 0 atom stereocenters. The molecule has 1 N–H and O–H groups in total. The van der Waals surface area contributed by atoms with E-state index in [0.29, 0.717) is 19.4 Å². The van der Waals surface area contributed by atoms with Gasteiger partial charge in [-0.05, 0) is 23.3 Å². The molecule has 0 aliphatic heterocycles. The van der Waals surface area contributed by atoms with Crippen LogP contribution in [0.25, 0.3) is 0 Å². The molecule has 2 aromatic carbocycles. The smallest absolute Gasteiger partial charge is 0.407 e. The van der Waals surface area contributed by atoms with Crippen molar-refractivity contribution in [1.29, 1.82) is 5.26 Å². The van der Waals surface area contributed by atoms with Crippen LogP contribution in [-0.4, -0.2) is 12.6 Å². The topological polar surface area (TPSA) is 62.1 Å². The molecule has 0 radical (unpaired) electrons. The number of hydrogen-bond acceptors (Lipinski definition) is 3. The van der Waals surface area contributed by atoms with Crippen LogP contribution in [0.5, 0.6) is 0 Å². The van der Waals surface area contributed by atoms with Crippen LogP contribution in [0.3, 0.4) is 0 Å². The first kappa shape index (κ1) is 17.1. The predicted molar refractivity (Wildman–Crippen MR) is 91.9 cm³/mol. The zero-order valence-corrected chi connectivity index (χ0v) is 13.3. The fourth-order valence-electron chi connectivity index (χ4n) is 1.96. The molecule has 0 saturated heterocycles. The van der Waals surface area contributed by atoms with Gasteiger partial charge in [0.2, 0.25) is 0 Å². The van der Waals surface area contributed by atoms with E-state index in [1.807, 2.05) is 54.6 Å². The fraction of sp³-hybridized carbons (Fsp3) is 0.200. The average molecular weight is 318 g/mol. The number of nitrogens with zero attached hydrogens (tertiary/aromatic N) is 1. The summed E-state index contributed by atoms with van der Waals surface area (Å²) >= 11 is 0. The molecule has 0 aliphatic carbocycles. The van der Waals surface area contributed by atoms with Gasteiger partial charge in [-0.3, -0.25) is 0 Å². The van der Waals surface area contributed by atoms with Gasteiger partial charge >= 0.3 is 6.09 Å². The third kappa shape index (κ3) is 6.25. The van der Waals surface area contributed by atoms with E-state index in [0.717, 1.165) is 16.7 Å². The second-order valence-electron chi connectivity index (χ2n) is 5.07. The Morgan fingerprint density at radius 1 is 1.04 bits per heavy atom. The molecule has 1 amide bonds. The van der Waals surface area contributed by atoms with E-state index in [-0.39, 0.29) is 6.61 Å². The molecule has 2 aromatic rings. The van der Waals surface area contributed by atoms with Crippen molar-refractivity contribution in [2.45, 2.75) is 19.4 Å². The second kappa shape index (κ2) is 9.71. The van der Waals surface area contributed by atoms with Crippen LogP contribution in [0.15, 0.2) is 54.6 Å². The van der Waals surface area contributed by atoms with Crippen molar-refractivity contribution in [2.75, 3.05) is 6.54 Å². The van der Waals surface area contributed by atoms with Crippen molar-refractivity contribution >= 4 is 6.09 Å². The van der Waals surface area contributed by atoms with E-state index in [1.54, 1.807) is 0 Å². The number of carbonyl (C=O) groups excluding carboxylic acids is 1. The van der Waals surface area contributed by atoms with Gasteiger partial charge in [-0.25, -0.2) is 4.79 Å². The first-order chi connectivity index (χ1) is 11.8. The lowest BCUT2D eigenvalue weighted by molar-refractivity contribution is 0.140. The van der Waals surface area contributed by atoms with Crippen molar-refractivity contribution in [2.24, 2.45) is 0 Å². The summed E-state index contributed by atoms with van der Waals surface area (Å²) in [5.41, 5.74) is 2.82. The van der Waals surface area contributed by atoms with Crippen molar-refractivity contribution in [1.82, 2.24) is 5.32 Å². The van der Waals surface area contributed by atoms with Crippen LogP contribution < -0.4 is 5.32 Å². The number of rotatable bonds is 5. The molecule has 0 fully saturated rings. The van der Waals surface area contributed by atoms with Crippen LogP contribution in [-0.2, 0) is 17.8 Å². The molecular formula is C20H18N2O2. The van der Waals surface area contributed by atoms with Crippen LogP contribution >= 0.6 is 0 Å². The quantitative estimate of drug-likeness (QED) is 0.679. The van der Waals surface area contributed by atoms with Gasteiger partial charge in [0.05, 0.1) is 12.5 Å². The number of benzene rings is 2. The number of nitrogens with one attached hydrogen (secondary N) is 1. The minimum Gasteiger partial charge on any atom is -0.445 e. The zero-order chi connectivity index (χ0) is 17.0. The first-order valence-electron chi connectivity index (χ1n) is 7.67. The summed E-state index contributed by atoms with van der Waals surface area (Å²) in [6, 6.07) is 19.2. The Balaban J connectivity index is 1.65. The maximum Gasteiger partial charge on any atom is 0.407 e. The molecule has 4 heteroatoms. The molecule has 2 rings (SSSR count). The highest BCUT2D eigenvalue weighted by atomic mass is 16.5. The number of nitriles is 1. The summed E-state index contributed by atoms with van der Waals surface area (Å²) in [7, 11) is 0. The fourth-order valence-corrected chi connectivity index (χ4v) is 1.96. The predicted octanol–water partition coefficient (Wildman–Crippen LogP) is 3.42. The number of amides is 1. The molecule has 0 heterocycles. The van der Waals surface area contributed by atoms with Crippen LogP contribution in [0.4, 0.5) is 4.79 Å². The van der Waals surface area contributed by atoms with E-state index in [9.17, 15) is 4.79 Å².